The van der Waals surface area contributed by atoms with Gasteiger partial charge in [0.15, 0.2) is 0 Å². The van der Waals surface area contributed by atoms with Gasteiger partial charge >= 0.3 is 6.18 Å². The minimum absolute atomic E-state index is 0.0211. The molecule has 0 saturated heterocycles. The van der Waals surface area contributed by atoms with E-state index in [1.807, 2.05) is 0 Å². The molecule has 0 unspecified atom stereocenters. The van der Waals surface area contributed by atoms with Gasteiger partial charge in [0.05, 0.1) is 24.1 Å². The molecule has 0 saturated carbocycles. The predicted octanol–water partition coefficient (Wildman–Crippen LogP) is 4.34. The monoisotopic (exact) mass is 494 g/mol. The molecular weight excluding hydrogens is 484 g/mol. The molecule has 11 heteroatoms. The van der Waals surface area contributed by atoms with Crippen LogP contribution in [0.5, 0.6) is 0 Å². The van der Waals surface area contributed by atoms with E-state index in [1.165, 1.54) is 0 Å². The van der Waals surface area contributed by atoms with Crippen molar-refractivity contribution in [1.82, 2.24) is 3.33 Å². The van der Waals surface area contributed by atoms with Gasteiger partial charge in [0.25, 0.3) is 0 Å². The summed E-state index contributed by atoms with van der Waals surface area (Å²) in [5.41, 5.74) is -1.02. The minimum atomic E-state index is -4.63. The van der Waals surface area contributed by atoms with Crippen molar-refractivity contribution >= 4 is 42.1 Å². The topological polar surface area (TPSA) is 61.2 Å². The van der Waals surface area contributed by atoms with Crippen molar-refractivity contribution in [1.29, 1.82) is 5.26 Å². The summed E-state index contributed by atoms with van der Waals surface area (Å²) in [7, 11) is -3.94. The molecule has 4 nitrogen and oxygen atoms in total. The average Bonchev–Trinajstić information content (AvgIpc) is 2.46. The Morgan fingerprint density at radius 1 is 1.29 bits per heavy atom. The van der Waals surface area contributed by atoms with E-state index in [1.54, 1.807) is 6.07 Å². The summed E-state index contributed by atoms with van der Waals surface area (Å²) < 4.78 is 76.3. The lowest BCUT2D eigenvalue weighted by atomic mass is 10.00. The molecule has 1 aromatic rings. The average molecular weight is 496 g/mol. The molecular formula is C13H12Br2F4N2O2S. The van der Waals surface area contributed by atoms with Crippen LogP contribution in [0.2, 0.25) is 0 Å². The van der Waals surface area contributed by atoms with Crippen LogP contribution in [0.15, 0.2) is 16.6 Å². The Bertz CT molecular complexity index is 733. The first-order valence-corrected chi connectivity index (χ1v) is 9.62. The molecule has 0 aliphatic heterocycles. The van der Waals surface area contributed by atoms with Gasteiger partial charge in [-0.05, 0) is 30.0 Å². The van der Waals surface area contributed by atoms with Crippen LogP contribution in [0.1, 0.15) is 23.1 Å². The van der Waals surface area contributed by atoms with Gasteiger partial charge in [-0.15, -0.1) is 3.33 Å². The number of halogens is 6. The fourth-order valence-corrected chi connectivity index (χ4v) is 4.27. The maximum absolute atomic E-state index is 13.1. The van der Waals surface area contributed by atoms with Crippen LogP contribution in [0.4, 0.5) is 17.6 Å². The normalized spacial score (nSPS) is 12.4. The molecule has 0 fully saturated rings. The quantitative estimate of drug-likeness (QED) is 0.321. The van der Waals surface area contributed by atoms with E-state index in [4.69, 9.17) is 5.26 Å². The van der Waals surface area contributed by atoms with Gasteiger partial charge < -0.3 is 0 Å². The summed E-state index contributed by atoms with van der Waals surface area (Å²) in [6, 6.07) is 3.48. The van der Waals surface area contributed by atoms with E-state index in [0.717, 1.165) is 12.1 Å². The fourth-order valence-electron chi connectivity index (χ4n) is 1.96. The maximum Gasteiger partial charge on any atom is 0.416 e. The molecule has 0 atom stereocenters. The standard InChI is InChI=1S/C13H12Br2F4N2O2S/c14-12-9(8-24(22,23)21(15)7-6-20)3-4-11(13(17,18)19)10(12)2-1-5-16/h3-4H,1-2,5,7-8H2. The molecule has 134 valence electrons. The zero-order valence-electron chi connectivity index (χ0n) is 12.1. The Labute approximate surface area is 154 Å². The van der Waals surface area contributed by atoms with Crippen molar-refractivity contribution in [2.75, 3.05) is 13.2 Å². The van der Waals surface area contributed by atoms with E-state index < -0.39 is 40.7 Å². The summed E-state index contributed by atoms with van der Waals surface area (Å²) in [6.07, 6.45) is -4.93. The largest absolute Gasteiger partial charge is 0.416 e. The summed E-state index contributed by atoms with van der Waals surface area (Å²) in [6.45, 7) is -1.24. The maximum atomic E-state index is 13.1. The smallest absolute Gasteiger partial charge is 0.251 e. The highest BCUT2D eigenvalue weighted by Gasteiger charge is 2.35. The first kappa shape index (κ1) is 21.3. The third-order valence-corrected chi connectivity index (χ3v) is 6.99. The van der Waals surface area contributed by atoms with Crippen LogP contribution in [0.3, 0.4) is 0 Å². The van der Waals surface area contributed by atoms with Crippen LogP contribution >= 0.6 is 32.1 Å². The van der Waals surface area contributed by atoms with Gasteiger partial charge in [-0.25, -0.2) is 8.42 Å². The molecule has 0 spiro atoms. The third kappa shape index (κ3) is 5.40. The second-order valence-corrected chi connectivity index (χ2v) is 8.73. The van der Waals surface area contributed by atoms with Crippen LogP contribution in [-0.2, 0) is 28.4 Å². The number of nitriles is 1. The number of hydrogen-bond donors (Lipinski definition) is 0. The van der Waals surface area contributed by atoms with Crippen LogP contribution in [0, 0.1) is 11.3 Å². The molecule has 0 radical (unpaired) electrons. The highest BCUT2D eigenvalue weighted by molar-refractivity contribution is 9.10. The van der Waals surface area contributed by atoms with E-state index in [0.29, 0.717) is 3.33 Å². The van der Waals surface area contributed by atoms with Gasteiger partial charge in [-0.2, -0.15) is 18.4 Å². The summed E-state index contributed by atoms with van der Waals surface area (Å²) in [5, 5.41) is 8.53. The Hall–Kier alpha value is -0.700. The molecule has 0 bridgehead atoms. The molecule has 0 aliphatic carbocycles. The molecule has 1 rings (SSSR count). The number of sulfonamides is 1. The molecule has 1 aromatic carbocycles. The van der Waals surface area contributed by atoms with Crippen LogP contribution < -0.4 is 0 Å². The molecule has 0 amide bonds. The molecule has 0 heterocycles. The van der Waals surface area contributed by atoms with Crippen LogP contribution in [0.25, 0.3) is 0 Å². The lowest BCUT2D eigenvalue weighted by Gasteiger charge is -2.18. The van der Waals surface area contributed by atoms with E-state index in [9.17, 15) is 26.0 Å². The molecule has 0 aliphatic rings. The van der Waals surface area contributed by atoms with Crippen molar-refractivity contribution in [3.05, 3.63) is 33.3 Å². The number of alkyl halides is 4. The Morgan fingerprint density at radius 2 is 1.92 bits per heavy atom. The van der Waals surface area contributed by atoms with Crippen molar-refractivity contribution in [2.45, 2.75) is 24.8 Å². The van der Waals surface area contributed by atoms with Gasteiger partial charge in [0.2, 0.25) is 10.0 Å². The molecule has 0 N–H and O–H groups in total. The zero-order chi connectivity index (χ0) is 18.5. The summed E-state index contributed by atoms with van der Waals surface area (Å²) >= 11 is 5.74. The Kier molecular flexibility index (Phi) is 7.65. The lowest BCUT2D eigenvalue weighted by molar-refractivity contribution is -0.138. The molecule has 24 heavy (non-hydrogen) atoms. The van der Waals surface area contributed by atoms with Crippen molar-refractivity contribution in [3.63, 3.8) is 0 Å². The van der Waals surface area contributed by atoms with Crippen LogP contribution in [-0.4, -0.2) is 25.0 Å². The third-order valence-electron chi connectivity index (χ3n) is 3.02. The lowest BCUT2D eigenvalue weighted by Crippen LogP contribution is -2.23. The first-order chi connectivity index (χ1) is 11.0. The number of hydrogen-bond acceptors (Lipinski definition) is 3. The summed E-state index contributed by atoms with van der Waals surface area (Å²) in [5.74, 6) is -0.610. The van der Waals surface area contributed by atoms with Gasteiger partial charge in [-0.1, -0.05) is 22.0 Å². The van der Waals surface area contributed by atoms with E-state index >= 15 is 0 Å². The number of rotatable bonds is 7. The van der Waals surface area contributed by atoms with Crippen molar-refractivity contribution in [3.8, 4) is 6.07 Å². The highest BCUT2D eigenvalue weighted by atomic mass is 79.9. The van der Waals surface area contributed by atoms with Crippen molar-refractivity contribution in [2.24, 2.45) is 0 Å². The second-order valence-electron chi connectivity index (χ2n) is 4.72. The zero-order valence-corrected chi connectivity index (χ0v) is 16.1. The number of nitrogens with zero attached hydrogens (tertiary/aromatic N) is 2. The predicted molar refractivity (Wildman–Crippen MR) is 87.3 cm³/mol. The Morgan fingerprint density at radius 3 is 2.42 bits per heavy atom. The van der Waals surface area contributed by atoms with E-state index in [2.05, 4.69) is 32.1 Å². The van der Waals surface area contributed by atoms with Gasteiger partial charge in [0, 0.05) is 20.6 Å². The Balaban J connectivity index is 3.30. The highest BCUT2D eigenvalue weighted by Crippen LogP contribution is 2.38. The van der Waals surface area contributed by atoms with Crippen molar-refractivity contribution < 1.29 is 26.0 Å². The van der Waals surface area contributed by atoms with Gasteiger partial charge in [-0.3, -0.25) is 4.39 Å². The fraction of sp³-hybridized carbons (Fsp3) is 0.462. The van der Waals surface area contributed by atoms with E-state index in [-0.39, 0.29) is 28.4 Å². The van der Waals surface area contributed by atoms with Gasteiger partial charge in [0.1, 0.15) is 6.54 Å². The number of benzene rings is 1. The second kappa shape index (κ2) is 8.60. The summed E-state index contributed by atoms with van der Waals surface area (Å²) in [4.78, 5) is 0. The molecule has 0 aromatic heterocycles. The first-order valence-electron chi connectivity index (χ1n) is 6.51. The SMILES string of the molecule is N#CCN(Br)S(=O)(=O)Cc1ccc(C(F)(F)F)c(CCCF)c1Br. The minimum Gasteiger partial charge on any atom is -0.251 e.